The van der Waals surface area contributed by atoms with Crippen molar-refractivity contribution in [2.24, 2.45) is 20.5 Å². The maximum atomic E-state index is 14.3. The Kier molecular flexibility index (Phi) is 13.1. The van der Waals surface area contributed by atoms with Crippen LogP contribution in [0.2, 0.25) is 0 Å². The Bertz CT molecular complexity index is 2440. The summed E-state index contributed by atoms with van der Waals surface area (Å²) in [6, 6.07) is 11.7. The van der Waals surface area contributed by atoms with E-state index in [4.69, 9.17) is 4.74 Å². The molecule has 1 unspecified atom stereocenters. The third-order valence-electron chi connectivity index (χ3n) is 6.66. The molecule has 0 aliphatic rings. The second-order valence-electron chi connectivity index (χ2n) is 10.4. The number of carbonyl (C=O) groups is 1. The van der Waals surface area contributed by atoms with E-state index in [1.807, 2.05) is 0 Å². The van der Waals surface area contributed by atoms with Gasteiger partial charge in [-0.2, -0.15) is 51.5 Å². The number of phenolic OH excluding ortho intramolecular Hbond substituents is 1. The standard InChI is InChI=1S/C29H28FN9O12S3/c1-2-52(43,44)13-12-51-11-10-31-28-33-27(30)34-29(35-28)32-22-15-19(54(48,49)50)16-23(24(22)40)37-39-25(17-6-4-3-5-7-17)38-36-21-14-18(53(45,46)47)8-9-20(21)26(41)42/h2-9,14-16,25,40H,1,10-13H2,(H,41,42)(H,45,46,47)(H,48,49,50)(H2,31,32,33,34,35). The molecule has 25 heteroatoms. The highest BCUT2D eigenvalue weighted by atomic mass is 32.2. The van der Waals surface area contributed by atoms with Crippen molar-refractivity contribution in [3.8, 4) is 5.75 Å². The molecule has 0 spiro atoms. The lowest BCUT2D eigenvalue weighted by Gasteiger charge is -2.12. The van der Waals surface area contributed by atoms with Crippen LogP contribution in [0.1, 0.15) is 22.1 Å². The Morgan fingerprint density at radius 1 is 0.870 bits per heavy atom. The van der Waals surface area contributed by atoms with Crippen molar-refractivity contribution in [3.63, 3.8) is 0 Å². The molecule has 4 aromatic rings. The van der Waals surface area contributed by atoms with Crippen LogP contribution in [0, 0.1) is 6.08 Å². The fourth-order valence-electron chi connectivity index (χ4n) is 4.07. The first-order valence-corrected chi connectivity index (χ1v) is 19.4. The largest absolute Gasteiger partial charge is 0.504 e. The van der Waals surface area contributed by atoms with E-state index in [0.29, 0.717) is 0 Å². The van der Waals surface area contributed by atoms with E-state index < -0.39 is 92.4 Å². The lowest BCUT2D eigenvalue weighted by molar-refractivity contribution is 0.0697. The third-order valence-corrected chi connectivity index (χ3v) is 9.58. The van der Waals surface area contributed by atoms with Gasteiger partial charge in [0.05, 0.1) is 40.0 Å². The number of azo groups is 2. The summed E-state index contributed by atoms with van der Waals surface area (Å²) in [5.41, 5.74) is -1.85. The SMILES string of the molecule is C=CS(=O)(=O)CCOCCNc1nc(F)nc(Nc2cc(S(=O)(=O)O)cc(N=NC(N=Nc3cc(S(=O)(=O)O)ccc3C(=O)O)c3ccccc3)c2O)n1. The van der Waals surface area contributed by atoms with Crippen LogP contribution in [0.3, 0.4) is 0 Å². The van der Waals surface area contributed by atoms with Gasteiger partial charge in [-0.05, 0) is 30.3 Å². The minimum absolute atomic E-state index is 0.0193. The quantitative estimate of drug-likeness (QED) is 0.0355. The topological polar surface area (TPSA) is 322 Å². The molecule has 0 aliphatic heterocycles. The summed E-state index contributed by atoms with van der Waals surface area (Å²) < 4.78 is 109. The van der Waals surface area contributed by atoms with E-state index in [1.54, 1.807) is 18.2 Å². The molecule has 0 amide bonds. The van der Waals surface area contributed by atoms with Crippen molar-refractivity contribution in [3.05, 3.63) is 89.9 Å². The number of hydrogen-bond donors (Lipinski definition) is 6. The first-order chi connectivity index (χ1) is 25.4. The molecule has 1 atom stereocenters. The van der Waals surface area contributed by atoms with Crippen LogP contribution in [-0.4, -0.2) is 91.0 Å². The van der Waals surface area contributed by atoms with Gasteiger partial charge in [-0.3, -0.25) is 9.11 Å². The van der Waals surface area contributed by atoms with Gasteiger partial charge in [-0.1, -0.05) is 36.9 Å². The average Bonchev–Trinajstić information content (AvgIpc) is 3.10. The Balaban J connectivity index is 1.66. The summed E-state index contributed by atoms with van der Waals surface area (Å²) >= 11 is 0. The minimum atomic E-state index is -4.99. The van der Waals surface area contributed by atoms with Gasteiger partial charge in [-0.15, -0.1) is 5.11 Å². The number of benzene rings is 3. The number of sulfone groups is 1. The summed E-state index contributed by atoms with van der Waals surface area (Å²) in [6.07, 6.45) is -2.77. The number of carboxylic acids is 1. The third kappa shape index (κ3) is 11.6. The molecule has 0 fully saturated rings. The highest BCUT2D eigenvalue weighted by Crippen LogP contribution is 2.39. The first-order valence-electron chi connectivity index (χ1n) is 14.8. The monoisotopic (exact) mass is 809 g/mol. The number of carboxylic acid groups (broad SMARTS) is 1. The van der Waals surface area contributed by atoms with E-state index in [2.05, 4.69) is 52.6 Å². The number of aromatic carboxylic acids is 1. The average molecular weight is 810 g/mol. The lowest BCUT2D eigenvalue weighted by atomic mass is 10.2. The molecular formula is C29H28FN9O12S3. The summed E-state index contributed by atoms with van der Waals surface area (Å²) in [5.74, 6) is -3.55. The molecule has 21 nitrogen and oxygen atoms in total. The Hall–Kier alpha value is -5.86. The first kappa shape index (κ1) is 40.9. The van der Waals surface area contributed by atoms with Crippen molar-refractivity contribution >= 4 is 65.0 Å². The molecule has 0 saturated carbocycles. The summed E-state index contributed by atoms with van der Waals surface area (Å²) in [7, 11) is -13.2. The van der Waals surface area contributed by atoms with Crippen molar-refractivity contribution in [2.75, 3.05) is 36.1 Å². The van der Waals surface area contributed by atoms with Crippen LogP contribution >= 0.6 is 0 Å². The highest BCUT2D eigenvalue weighted by Gasteiger charge is 2.21. The molecule has 0 saturated heterocycles. The molecule has 1 heterocycles. The Labute approximate surface area is 305 Å². The number of hydrogen-bond acceptors (Lipinski definition) is 18. The van der Waals surface area contributed by atoms with Crippen LogP contribution in [0.25, 0.3) is 0 Å². The second-order valence-corrected chi connectivity index (χ2v) is 15.3. The van der Waals surface area contributed by atoms with Gasteiger partial charge < -0.3 is 25.6 Å². The zero-order valence-corrected chi connectivity index (χ0v) is 29.7. The molecular weight excluding hydrogens is 782 g/mol. The van der Waals surface area contributed by atoms with Crippen LogP contribution in [0.5, 0.6) is 5.75 Å². The maximum absolute atomic E-state index is 14.3. The van der Waals surface area contributed by atoms with E-state index in [0.717, 1.165) is 35.7 Å². The highest BCUT2D eigenvalue weighted by molar-refractivity contribution is 7.94. The van der Waals surface area contributed by atoms with Gasteiger partial charge >= 0.3 is 12.0 Å². The van der Waals surface area contributed by atoms with Crippen molar-refractivity contribution in [1.29, 1.82) is 0 Å². The molecule has 0 aliphatic carbocycles. The molecule has 4 rings (SSSR count). The Morgan fingerprint density at radius 2 is 1.50 bits per heavy atom. The van der Waals surface area contributed by atoms with Crippen LogP contribution < -0.4 is 10.6 Å². The fraction of sp³-hybridized carbons (Fsp3) is 0.172. The van der Waals surface area contributed by atoms with Gasteiger partial charge in [0.2, 0.25) is 18.1 Å². The predicted octanol–water partition coefficient (Wildman–Crippen LogP) is 4.20. The molecule has 286 valence electrons. The molecule has 1 aromatic heterocycles. The van der Waals surface area contributed by atoms with Gasteiger partial charge in [0.25, 0.3) is 20.2 Å². The number of aromatic hydroxyl groups is 1. The predicted molar refractivity (Wildman–Crippen MR) is 186 cm³/mol. The number of halogens is 1. The van der Waals surface area contributed by atoms with Crippen LogP contribution in [0.15, 0.2) is 103 Å². The van der Waals surface area contributed by atoms with E-state index in [1.165, 1.54) is 12.1 Å². The second kappa shape index (κ2) is 17.3. The number of nitrogens with one attached hydrogen (secondary N) is 2. The number of phenols is 1. The van der Waals surface area contributed by atoms with Gasteiger partial charge in [-0.25, -0.2) is 13.2 Å². The number of rotatable bonds is 18. The van der Waals surface area contributed by atoms with E-state index >= 15 is 0 Å². The summed E-state index contributed by atoms with van der Waals surface area (Å²) in [4.78, 5) is 21.1. The van der Waals surface area contributed by atoms with Crippen molar-refractivity contribution < 1.29 is 58.5 Å². The number of anilines is 3. The molecule has 6 N–H and O–H groups in total. The summed E-state index contributed by atoms with van der Waals surface area (Å²) in [5, 5.41) is 42.0. The van der Waals surface area contributed by atoms with Gasteiger partial charge in [0.1, 0.15) is 11.4 Å². The number of nitrogens with zero attached hydrogens (tertiary/aromatic N) is 7. The van der Waals surface area contributed by atoms with Crippen LogP contribution in [0.4, 0.5) is 33.3 Å². The zero-order valence-electron chi connectivity index (χ0n) is 27.3. The van der Waals surface area contributed by atoms with E-state index in [-0.39, 0.29) is 37.0 Å². The molecule has 0 radical (unpaired) electrons. The normalized spacial score (nSPS) is 12.9. The Morgan fingerprint density at radius 3 is 2.13 bits per heavy atom. The molecule has 54 heavy (non-hydrogen) atoms. The fourth-order valence-corrected chi connectivity index (χ4v) is 5.61. The maximum Gasteiger partial charge on any atom is 0.337 e. The molecule has 3 aromatic carbocycles. The number of aromatic nitrogens is 3. The molecule has 0 bridgehead atoms. The van der Waals surface area contributed by atoms with Crippen molar-refractivity contribution in [1.82, 2.24) is 15.0 Å². The van der Waals surface area contributed by atoms with Crippen LogP contribution in [-0.2, 0) is 34.8 Å². The number of ether oxygens (including phenoxy) is 1. The smallest absolute Gasteiger partial charge is 0.337 e. The van der Waals surface area contributed by atoms with Crippen molar-refractivity contribution in [2.45, 2.75) is 16.0 Å². The zero-order chi connectivity index (χ0) is 39.7. The summed E-state index contributed by atoms with van der Waals surface area (Å²) in [6.45, 7) is 2.97. The minimum Gasteiger partial charge on any atom is -0.504 e. The lowest BCUT2D eigenvalue weighted by Crippen LogP contribution is -2.16. The van der Waals surface area contributed by atoms with Gasteiger partial charge in [0.15, 0.2) is 15.6 Å². The van der Waals surface area contributed by atoms with E-state index in [9.17, 15) is 53.8 Å². The van der Waals surface area contributed by atoms with Gasteiger partial charge in [0, 0.05) is 17.5 Å².